The Kier molecular flexibility index (Phi) is 7.15. The first-order valence-electron chi connectivity index (χ1n) is 17.0. The van der Waals surface area contributed by atoms with Crippen molar-refractivity contribution >= 4 is 116 Å². The highest BCUT2D eigenvalue weighted by molar-refractivity contribution is 7.99. The molecule has 0 aliphatic heterocycles. The van der Waals surface area contributed by atoms with Gasteiger partial charge in [0.2, 0.25) is 0 Å². The van der Waals surface area contributed by atoms with E-state index in [2.05, 4.69) is 162 Å². The maximum absolute atomic E-state index is 6.41. The maximum Gasteiger partial charge on any atom is 0.137 e. The third-order valence-electron chi connectivity index (χ3n) is 9.83. The maximum atomic E-state index is 6.41. The Morgan fingerprint density at radius 2 is 1.18 bits per heavy atom. The molecule has 5 heteroatoms. The number of hydrogen-bond donors (Lipinski definition) is 0. The normalized spacial score (nSPS) is 11.8. The van der Waals surface area contributed by atoms with Gasteiger partial charge in [0.25, 0.3) is 0 Å². The quantitative estimate of drug-likeness (QED) is 0.0947. The lowest BCUT2D eigenvalue weighted by molar-refractivity contribution is 0.669. The number of thioether (sulfide) groups is 1. The summed E-state index contributed by atoms with van der Waals surface area (Å²) in [7, 11) is 0. The van der Waals surface area contributed by atoms with E-state index in [-0.39, 0.29) is 0 Å². The van der Waals surface area contributed by atoms with Crippen LogP contribution in [0.4, 0.5) is 22.7 Å². The average molecular weight is 691 g/mol. The highest BCUT2D eigenvalue weighted by Crippen LogP contribution is 2.45. The lowest BCUT2D eigenvalue weighted by atomic mass is 10.00. The Balaban J connectivity index is 1.17. The van der Waals surface area contributed by atoms with Crippen LogP contribution in [-0.2, 0) is 5.75 Å². The minimum Gasteiger partial charge on any atom is -0.456 e. The van der Waals surface area contributed by atoms with Crippen molar-refractivity contribution in [1.82, 2.24) is 0 Å². The van der Waals surface area contributed by atoms with Gasteiger partial charge in [0, 0.05) is 64.7 Å². The topological polar surface area (TPSA) is 28.7 Å². The van der Waals surface area contributed by atoms with Crippen LogP contribution in [0, 0.1) is 0 Å². The molecule has 2 aromatic heterocycles. The van der Waals surface area contributed by atoms with Gasteiger partial charge in [-0.15, -0.1) is 23.1 Å². The van der Waals surface area contributed by atoms with E-state index >= 15 is 0 Å². The monoisotopic (exact) mass is 690 g/mol. The molecule has 2 heterocycles. The van der Waals surface area contributed by atoms with Gasteiger partial charge in [-0.1, -0.05) is 91.0 Å². The summed E-state index contributed by atoms with van der Waals surface area (Å²) in [6, 6.07) is 56.6. The molecule has 0 saturated carbocycles. The van der Waals surface area contributed by atoms with Crippen LogP contribution < -0.4 is 4.90 Å². The van der Waals surface area contributed by atoms with Gasteiger partial charge in [0.05, 0.1) is 5.69 Å². The number of aliphatic imine (C=N–C) groups is 1. The number of hydrogen-bond acceptors (Lipinski definition) is 5. The summed E-state index contributed by atoms with van der Waals surface area (Å²) in [5.74, 6) is 0.859. The zero-order chi connectivity index (χ0) is 33.9. The molecule has 3 nitrogen and oxygen atoms in total. The highest BCUT2D eigenvalue weighted by atomic mass is 32.2. The van der Waals surface area contributed by atoms with Gasteiger partial charge < -0.3 is 9.32 Å². The molecule has 0 saturated heterocycles. The molecule has 51 heavy (non-hydrogen) atoms. The fourth-order valence-electron chi connectivity index (χ4n) is 7.38. The molecule has 0 bridgehead atoms. The average Bonchev–Trinajstić information content (AvgIpc) is 3.75. The van der Waals surface area contributed by atoms with E-state index in [9.17, 15) is 0 Å². The number of rotatable bonds is 7. The molecule has 10 aromatic rings. The highest BCUT2D eigenvalue weighted by Gasteiger charge is 2.19. The van der Waals surface area contributed by atoms with Crippen LogP contribution in [0.3, 0.4) is 0 Å². The molecule has 0 N–H and O–H groups in total. The van der Waals surface area contributed by atoms with Crippen LogP contribution in [0.2, 0.25) is 0 Å². The van der Waals surface area contributed by atoms with Gasteiger partial charge in [-0.05, 0) is 94.5 Å². The molecule has 0 unspecified atom stereocenters. The summed E-state index contributed by atoms with van der Waals surface area (Å²) >= 11 is 3.66. The number of anilines is 3. The molecule has 0 aliphatic carbocycles. The lowest BCUT2D eigenvalue weighted by Gasteiger charge is -2.26. The zero-order valence-corrected chi connectivity index (χ0v) is 29.2. The second-order valence-electron chi connectivity index (χ2n) is 12.8. The third-order valence-corrected chi connectivity index (χ3v) is 12.2. The summed E-state index contributed by atoms with van der Waals surface area (Å²) in [6.07, 6.45) is 0. The van der Waals surface area contributed by atoms with Gasteiger partial charge in [0.15, 0.2) is 0 Å². The summed E-state index contributed by atoms with van der Waals surface area (Å²) in [5.41, 5.74) is 7.18. The largest absolute Gasteiger partial charge is 0.456 e. The predicted molar refractivity (Wildman–Crippen MR) is 222 cm³/mol. The van der Waals surface area contributed by atoms with Crippen LogP contribution >= 0.6 is 23.1 Å². The van der Waals surface area contributed by atoms with Crippen molar-refractivity contribution in [3.05, 3.63) is 163 Å². The van der Waals surface area contributed by atoms with E-state index in [1.54, 1.807) is 0 Å². The molecule has 0 spiro atoms. The van der Waals surface area contributed by atoms with Crippen LogP contribution in [-0.4, -0.2) is 6.72 Å². The van der Waals surface area contributed by atoms with Crippen molar-refractivity contribution < 1.29 is 4.42 Å². The fraction of sp³-hybridized carbons (Fsp3) is 0.0217. The van der Waals surface area contributed by atoms with Gasteiger partial charge >= 0.3 is 0 Å². The van der Waals surface area contributed by atoms with E-state index in [1.807, 2.05) is 35.2 Å². The Morgan fingerprint density at radius 1 is 0.529 bits per heavy atom. The summed E-state index contributed by atoms with van der Waals surface area (Å²) < 4.78 is 8.99. The SMILES string of the molecule is C=Nc1ccc2c(ccc3ccc(N(c4ccc5c(c4)oc4ccccc45)c4ccc5sc6ccccc6c5c4)cc32)c1SCc1ccccc1. The summed E-state index contributed by atoms with van der Waals surface area (Å²) in [6.45, 7) is 3.92. The second-order valence-corrected chi connectivity index (χ2v) is 14.9. The predicted octanol–water partition coefficient (Wildman–Crippen LogP) is 14.4. The standard InChI is InChI=1S/C46H30N2OS2/c1-47-41-23-22-34-38(46(41)50-28-29-9-3-2-4-10-29)20-16-30-15-17-31(25-39(30)34)48(32-19-24-45-40(26-32)37-12-6-8-14-44(37)51-45)33-18-21-36-35-11-5-7-13-42(35)49-43(36)27-33/h2-27H,1,28H2. The Morgan fingerprint density at radius 3 is 2.06 bits per heavy atom. The van der Waals surface area contributed by atoms with Gasteiger partial charge in [-0.3, -0.25) is 4.99 Å². The van der Waals surface area contributed by atoms with Crippen molar-refractivity contribution in [3.8, 4) is 0 Å². The number of thiophene rings is 1. The molecule has 0 fully saturated rings. The van der Waals surface area contributed by atoms with E-state index in [0.717, 1.165) is 55.3 Å². The smallest absolute Gasteiger partial charge is 0.137 e. The number of furan rings is 1. The third kappa shape index (κ3) is 5.08. The molecular formula is C46H30N2OS2. The van der Waals surface area contributed by atoms with Crippen LogP contribution in [0.1, 0.15) is 5.56 Å². The van der Waals surface area contributed by atoms with Crippen molar-refractivity contribution in [2.24, 2.45) is 4.99 Å². The van der Waals surface area contributed by atoms with Crippen molar-refractivity contribution in [3.63, 3.8) is 0 Å². The van der Waals surface area contributed by atoms with Crippen molar-refractivity contribution in [2.75, 3.05) is 4.90 Å². The molecule has 0 atom stereocenters. The summed E-state index contributed by atoms with van der Waals surface area (Å²) in [5, 5.41) is 9.56. The molecule has 0 radical (unpaired) electrons. The van der Waals surface area contributed by atoms with E-state index < -0.39 is 0 Å². The zero-order valence-electron chi connectivity index (χ0n) is 27.5. The van der Waals surface area contributed by atoms with Crippen LogP contribution in [0.15, 0.2) is 172 Å². The van der Waals surface area contributed by atoms with Gasteiger partial charge in [-0.25, -0.2) is 0 Å². The van der Waals surface area contributed by atoms with Crippen molar-refractivity contribution in [2.45, 2.75) is 10.6 Å². The first kappa shape index (κ1) is 30.0. The molecule has 242 valence electrons. The second kappa shape index (κ2) is 12.2. The summed E-state index contributed by atoms with van der Waals surface area (Å²) in [4.78, 5) is 7.95. The molecular weight excluding hydrogens is 661 g/mol. The van der Waals surface area contributed by atoms with E-state index in [1.165, 1.54) is 47.3 Å². The molecule has 0 aliphatic rings. The van der Waals surface area contributed by atoms with E-state index in [0.29, 0.717) is 0 Å². The van der Waals surface area contributed by atoms with Crippen molar-refractivity contribution in [1.29, 1.82) is 0 Å². The lowest BCUT2D eigenvalue weighted by Crippen LogP contribution is -2.09. The molecule has 8 aromatic carbocycles. The first-order chi connectivity index (χ1) is 25.2. The Hall–Kier alpha value is -5.88. The minimum absolute atomic E-state index is 0.859. The molecule has 0 amide bonds. The number of para-hydroxylation sites is 1. The van der Waals surface area contributed by atoms with Gasteiger partial charge in [-0.2, -0.15) is 0 Å². The van der Waals surface area contributed by atoms with E-state index in [4.69, 9.17) is 4.42 Å². The molecule has 10 rings (SSSR count). The number of fused-ring (bicyclic) bond motifs is 9. The Labute approximate surface area is 303 Å². The minimum atomic E-state index is 0.859. The number of benzene rings is 8. The first-order valence-corrected chi connectivity index (χ1v) is 18.8. The van der Waals surface area contributed by atoms with Crippen LogP contribution in [0.5, 0.6) is 0 Å². The van der Waals surface area contributed by atoms with Gasteiger partial charge in [0.1, 0.15) is 11.2 Å². The fourth-order valence-corrected chi connectivity index (χ4v) is 9.59. The van der Waals surface area contributed by atoms with Crippen LogP contribution in [0.25, 0.3) is 63.7 Å². The Bertz CT molecular complexity index is 2960. The number of nitrogens with zero attached hydrogens (tertiary/aromatic N) is 2.